The number of sulfonamides is 1. The highest BCUT2D eigenvalue weighted by Gasteiger charge is 2.30. The number of hydrogen-bond donors (Lipinski definition) is 1. The number of amides is 1. The highest BCUT2D eigenvalue weighted by molar-refractivity contribution is 7.93. The zero-order valence-electron chi connectivity index (χ0n) is 12.3. The number of primary amides is 1. The lowest BCUT2D eigenvalue weighted by Gasteiger charge is -2.21. The Kier molecular flexibility index (Phi) is 4.71. The number of carbonyl (C=O) groups excluding carboxylic acids is 2. The van der Waals surface area contributed by atoms with Crippen LogP contribution in [-0.4, -0.2) is 34.5 Å². The van der Waals surface area contributed by atoms with Crippen LogP contribution in [0, 0.1) is 0 Å². The maximum Gasteiger partial charge on any atom is 0.349 e. The van der Waals surface area contributed by atoms with Crippen LogP contribution in [0.4, 0.5) is 5.69 Å². The molecule has 23 heavy (non-hydrogen) atoms. The first kappa shape index (κ1) is 17.0. The normalized spacial score (nSPS) is 11.0. The molecule has 0 saturated carbocycles. The summed E-state index contributed by atoms with van der Waals surface area (Å²) in [6.45, 7) is 0. The van der Waals surface area contributed by atoms with Crippen molar-refractivity contribution in [2.75, 3.05) is 18.5 Å². The van der Waals surface area contributed by atoms with Gasteiger partial charge in [0.1, 0.15) is 9.77 Å². The van der Waals surface area contributed by atoms with Gasteiger partial charge in [-0.2, -0.15) is 0 Å². The minimum atomic E-state index is -4.06. The van der Waals surface area contributed by atoms with Gasteiger partial charge in [-0.15, -0.1) is 11.3 Å². The van der Waals surface area contributed by atoms with Crippen molar-refractivity contribution >= 4 is 38.9 Å². The van der Waals surface area contributed by atoms with Crippen molar-refractivity contribution in [3.8, 4) is 0 Å². The highest BCUT2D eigenvalue weighted by Crippen LogP contribution is 2.30. The second-order valence-corrected chi connectivity index (χ2v) is 7.31. The topological polar surface area (TPSA) is 107 Å². The Balaban J connectivity index is 2.55. The van der Waals surface area contributed by atoms with Crippen molar-refractivity contribution in [1.29, 1.82) is 0 Å². The summed E-state index contributed by atoms with van der Waals surface area (Å²) in [6.07, 6.45) is 0. The number of anilines is 1. The van der Waals surface area contributed by atoms with E-state index < -0.39 is 21.9 Å². The maximum atomic E-state index is 12.8. The summed E-state index contributed by atoms with van der Waals surface area (Å²) < 4.78 is 31.1. The number of benzene rings is 1. The number of hydrogen-bond acceptors (Lipinski definition) is 6. The van der Waals surface area contributed by atoms with E-state index in [1.165, 1.54) is 37.7 Å². The summed E-state index contributed by atoms with van der Waals surface area (Å²) in [5, 5.41) is 1.48. The lowest BCUT2D eigenvalue weighted by Crippen LogP contribution is -2.29. The van der Waals surface area contributed by atoms with Gasteiger partial charge < -0.3 is 10.5 Å². The van der Waals surface area contributed by atoms with Crippen molar-refractivity contribution in [3.05, 3.63) is 46.2 Å². The fourth-order valence-corrected chi connectivity index (χ4v) is 4.50. The van der Waals surface area contributed by atoms with E-state index in [-0.39, 0.29) is 21.0 Å². The van der Waals surface area contributed by atoms with Crippen LogP contribution in [0.2, 0.25) is 0 Å². The average Bonchev–Trinajstić information content (AvgIpc) is 3.03. The molecule has 1 aromatic carbocycles. The molecule has 0 aliphatic rings. The predicted octanol–water partition coefficient (Wildman–Crippen LogP) is 1.46. The number of para-hydroxylation sites is 1. The van der Waals surface area contributed by atoms with Gasteiger partial charge in [0.05, 0.1) is 18.4 Å². The van der Waals surface area contributed by atoms with Crippen LogP contribution >= 0.6 is 11.3 Å². The van der Waals surface area contributed by atoms with Crippen LogP contribution in [0.5, 0.6) is 0 Å². The first-order chi connectivity index (χ1) is 10.8. The number of rotatable bonds is 5. The van der Waals surface area contributed by atoms with Gasteiger partial charge in [-0.3, -0.25) is 9.10 Å². The van der Waals surface area contributed by atoms with Crippen molar-refractivity contribution < 1.29 is 22.7 Å². The lowest BCUT2D eigenvalue weighted by molar-refractivity contribution is 0.0602. The first-order valence-electron chi connectivity index (χ1n) is 6.34. The second kappa shape index (κ2) is 6.39. The van der Waals surface area contributed by atoms with Crippen LogP contribution in [0.25, 0.3) is 0 Å². The Bertz CT molecular complexity index is 858. The molecule has 0 saturated heterocycles. The van der Waals surface area contributed by atoms with Crippen LogP contribution in [-0.2, 0) is 14.8 Å². The molecular formula is C14H14N2O5S2. The molecule has 0 aliphatic carbocycles. The molecule has 2 rings (SSSR count). The monoisotopic (exact) mass is 354 g/mol. The van der Waals surface area contributed by atoms with E-state index in [0.29, 0.717) is 0 Å². The van der Waals surface area contributed by atoms with Crippen LogP contribution in [0.1, 0.15) is 20.0 Å². The Hall–Kier alpha value is -2.39. The van der Waals surface area contributed by atoms with Crippen LogP contribution in [0.3, 0.4) is 0 Å². The molecule has 1 amide bonds. The number of methoxy groups -OCH3 is 1. The third kappa shape index (κ3) is 3.06. The first-order valence-corrected chi connectivity index (χ1v) is 8.66. The van der Waals surface area contributed by atoms with Gasteiger partial charge in [-0.1, -0.05) is 12.1 Å². The number of carbonyl (C=O) groups is 2. The average molecular weight is 354 g/mol. The van der Waals surface area contributed by atoms with Gasteiger partial charge in [0, 0.05) is 7.05 Å². The molecule has 0 atom stereocenters. The molecule has 1 heterocycles. The summed E-state index contributed by atoms with van der Waals surface area (Å²) in [6, 6.07) is 7.37. The van der Waals surface area contributed by atoms with Gasteiger partial charge in [-0.05, 0) is 23.6 Å². The van der Waals surface area contributed by atoms with Crippen LogP contribution < -0.4 is 10.0 Å². The third-order valence-corrected chi connectivity index (χ3v) is 5.98. The molecule has 122 valence electrons. The molecule has 2 aromatic rings. The van der Waals surface area contributed by atoms with E-state index in [2.05, 4.69) is 4.74 Å². The van der Waals surface area contributed by atoms with Gasteiger partial charge in [0.15, 0.2) is 0 Å². The molecule has 1 aromatic heterocycles. The molecule has 0 bridgehead atoms. The summed E-state index contributed by atoms with van der Waals surface area (Å²) in [5.41, 5.74) is 5.47. The molecule has 9 heteroatoms. The largest absolute Gasteiger partial charge is 0.465 e. The summed E-state index contributed by atoms with van der Waals surface area (Å²) in [5.74, 6) is -1.49. The van der Waals surface area contributed by atoms with E-state index in [4.69, 9.17) is 5.73 Å². The number of ether oxygens (including phenoxy) is 1. The fourth-order valence-electron chi connectivity index (χ4n) is 1.98. The molecule has 7 nitrogen and oxygen atoms in total. The molecule has 2 N–H and O–H groups in total. The van der Waals surface area contributed by atoms with E-state index in [1.54, 1.807) is 12.1 Å². The van der Waals surface area contributed by atoms with Gasteiger partial charge in [-0.25, -0.2) is 13.2 Å². The standard InChI is InChI=1S/C14H14N2O5S2/c1-16(10-6-4-3-5-9(10)13(15)17)23(19,20)11-7-8-22-12(11)14(18)21-2/h3-8H,1-2H3,(H2,15,17). The smallest absolute Gasteiger partial charge is 0.349 e. The number of thiophene rings is 1. The second-order valence-electron chi connectivity index (χ2n) is 4.46. The summed E-state index contributed by atoms with van der Waals surface area (Å²) >= 11 is 0.960. The Morgan fingerprint density at radius 3 is 2.48 bits per heavy atom. The zero-order chi connectivity index (χ0) is 17.2. The molecular weight excluding hydrogens is 340 g/mol. The number of nitrogens with zero attached hydrogens (tertiary/aromatic N) is 1. The Morgan fingerprint density at radius 1 is 1.22 bits per heavy atom. The van der Waals surface area contributed by atoms with E-state index in [1.807, 2.05) is 0 Å². The predicted molar refractivity (Wildman–Crippen MR) is 86.2 cm³/mol. The molecule has 0 radical (unpaired) electrons. The molecule has 0 unspecified atom stereocenters. The van der Waals surface area contributed by atoms with E-state index in [0.717, 1.165) is 15.6 Å². The van der Waals surface area contributed by atoms with Gasteiger partial charge >= 0.3 is 5.97 Å². The summed E-state index contributed by atoms with van der Waals surface area (Å²) in [7, 11) is -1.60. The SMILES string of the molecule is COC(=O)c1sccc1S(=O)(=O)N(C)c1ccccc1C(N)=O. The van der Waals surface area contributed by atoms with Crippen molar-refractivity contribution in [2.45, 2.75) is 4.90 Å². The zero-order valence-corrected chi connectivity index (χ0v) is 14.0. The fraction of sp³-hybridized carbons (Fsp3) is 0.143. The highest BCUT2D eigenvalue weighted by atomic mass is 32.2. The van der Waals surface area contributed by atoms with Crippen LogP contribution in [0.15, 0.2) is 40.6 Å². The molecule has 0 aliphatic heterocycles. The Morgan fingerprint density at radius 2 is 1.87 bits per heavy atom. The maximum absolute atomic E-state index is 12.8. The molecule has 0 spiro atoms. The summed E-state index contributed by atoms with van der Waals surface area (Å²) in [4.78, 5) is 23.0. The van der Waals surface area contributed by atoms with E-state index >= 15 is 0 Å². The van der Waals surface area contributed by atoms with Crippen molar-refractivity contribution in [2.24, 2.45) is 5.73 Å². The minimum absolute atomic E-state index is 0.0316. The third-order valence-electron chi connectivity index (χ3n) is 3.15. The lowest BCUT2D eigenvalue weighted by atomic mass is 10.2. The number of nitrogens with two attached hydrogens (primary N) is 1. The molecule has 0 fully saturated rings. The Labute approximate surface area is 137 Å². The van der Waals surface area contributed by atoms with Crippen molar-refractivity contribution in [3.63, 3.8) is 0 Å². The van der Waals surface area contributed by atoms with Gasteiger partial charge in [0.2, 0.25) is 0 Å². The number of esters is 1. The minimum Gasteiger partial charge on any atom is -0.465 e. The van der Waals surface area contributed by atoms with Crippen molar-refractivity contribution in [1.82, 2.24) is 0 Å². The van der Waals surface area contributed by atoms with Gasteiger partial charge in [0.25, 0.3) is 15.9 Å². The quantitative estimate of drug-likeness (QED) is 0.818. The van der Waals surface area contributed by atoms with E-state index in [9.17, 15) is 18.0 Å².